The van der Waals surface area contributed by atoms with Crippen LogP contribution in [0.15, 0.2) is 97.1 Å². The largest absolute Gasteiger partial charge is 0.493 e. The summed E-state index contributed by atoms with van der Waals surface area (Å²) in [5, 5.41) is 2.46. The molecular formula is C34H26O2. The Morgan fingerprint density at radius 3 is 2.25 bits per heavy atom. The molecule has 2 aliphatic rings. The maximum Gasteiger partial charge on any atom is 0.135 e. The van der Waals surface area contributed by atoms with Gasteiger partial charge in [-0.05, 0) is 76.7 Å². The van der Waals surface area contributed by atoms with Crippen LogP contribution in [0, 0.1) is 13.8 Å². The lowest BCUT2D eigenvalue weighted by Gasteiger charge is -2.30. The van der Waals surface area contributed by atoms with E-state index in [1.807, 2.05) is 6.07 Å². The fourth-order valence-electron chi connectivity index (χ4n) is 5.91. The molecule has 0 atom stereocenters. The van der Waals surface area contributed by atoms with Crippen LogP contribution in [0.2, 0.25) is 0 Å². The van der Waals surface area contributed by atoms with E-state index in [4.69, 9.17) is 9.47 Å². The van der Waals surface area contributed by atoms with Crippen LogP contribution in [0.1, 0.15) is 34.2 Å². The number of benzene rings is 5. The molecule has 5 aromatic rings. The molecule has 7 rings (SSSR count). The molecule has 5 aromatic carbocycles. The quantitative estimate of drug-likeness (QED) is 0.241. The van der Waals surface area contributed by atoms with Gasteiger partial charge < -0.3 is 9.47 Å². The first kappa shape index (κ1) is 21.0. The van der Waals surface area contributed by atoms with Gasteiger partial charge in [0.1, 0.15) is 17.2 Å². The first-order valence-electron chi connectivity index (χ1n) is 12.6. The van der Waals surface area contributed by atoms with Gasteiger partial charge in [-0.2, -0.15) is 0 Å². The molecule has 2 nitrogen and oxygen atoms in total. The minimum atomic E-state index is 0.666. The zero-order valence-corrected chi connectivity index (χ0v) is 20.5. The van der Waals surface area contributed by atoms with E-state index in [0.717, 1.165) is 34.8 Å². The summed E-state index contributed by atoms with van der Waals surface area (Å²) in [6.45, 7) is 5.04. The molecule has 0 aliphatic carbocycles. The van der Waals surface area contributed by atoms with Gasteiger partial charge in [0.05, 0.1) is 6.61 Å². The van der Waals surface area contributed by atoms with Gasteiger partial charge in [-0.1, -0.05) is 72.8 Å². The van der Waals surface area contributed by atoms with E-state index >= 15 is 0 Å². The zero-order valence-electron chi connectivity index (χ0n) is 20.5. The standard InChI is InChI=1S/C34H26O2/c1-21-8-7-9-22(2)32(21)24-15-16-30-28(20-24)33(26-12-5-6-13-29(26)36-30)27-18-19-35-31-17-14-23-10-3-4-11-25(23)34(27)31/h3-17,20H,18-19H2,1-2H3/b33-27-. The van der Waals surface area contributed by atoms with E-state index in [2.05, 4.69) is 105 Å². The second-order valence-corrected chi connectivity index (χ2v) is 9.69. The minimum Gasteiger partial charge on any atom is -0.493 e. The highest BCUT2D eigenvalue weighted by molar-refractivity contribution is 6.09. The van der Waals surface area contributed by atoms with Crippen molar-refractivity contribution in [3.8, 4) is 28.4 Å². The van der Waals surface area contributed by atoms with Crippen molar-refractivity contribution in [3.05, 3.63) is 125 Å². The summed E-state index contributed by atoms with van der Waals surface area (Å²) in [4.78, 5) is 0. The van der Waals surface area contributed by atoms with Gasteiger partial charge in [0, 0.05) is 28.7 Å². The molecule has 2 heterocycles. The van der Waals surface area contributed by atoms with Crippen LogP contribution in [0.3, 0.4) is 0 Å². The fraction of sp³-hybridized carbons (Fsp3) is 0.118. The topological polar surface area (TPSA) is 18.5 Å². The number of hydrogen-bond donors (Lipinski definition) is 0. The smallest absolute Gasteiger partial charge is 0.135 e. The highest BCUT2D eigenvalue weighted by Gasteiger charge is 2.29. The van der Waals surface area contributed by atoms with Crippen molar-refractivity contribution < 1.29 is 9.47 Å². The van der Waals surface area contributed by atoms with Crippen LogP contribution in [0.5, 0.6) is 17.2 Å². The van der Waals surface area contributed by atoms with Crippen LogP contribution in [0.25, 0.3) is 33.0 Å². The molecule has 36 heavy (non-hydrogen) atoms. The fourth-order valence-corrected chi connectivity index (χ4v) is 5.91. The van der Waals surface area contributed by atoms with E-state index in [0.29, 0.717) is 6.61 Å². The molecule has 0 spiro atoms. The SMILES string of the molecule is Cc1cccc(C)c1-c1ccc2c(c1)/C(=C1/CCOc3ccc4ccccc4c31)c1ccccc1O2. The van der Waals surface area contributed by atoms with Crippen molar-refractivity contribution >= 4 is 21.9 Å². The van der Waals surface area contributed by atoms with Gasteiger partial charge in [0.25, 0.3) is 0 Å². The maximum atomic E-state index is 6.46. The van der Waals surface area contributed by atoms with Crippen LogP contribution >= 0.6 is 0 Å². The summed E-state index contributed by atoms with van der Waals surface area (Å²) in [5.74, 6) is 2.76. The monoisotopic (exact) mass is 466 g/mol. The van der Waals surface area contributed by atoms with Gasteiger partial charge in [-0.3, -0.25) is 0 Å². The Hall–Kier alpha value is -4.30. The van der Waals surface area contributed by atoms with E-state index in [1.54, 1.807) is 0 Å². The third-order valence-electron chi connectivity index (χ3n) is 7.50. The molecule has 0 saturated carbocycles. The average molecular weight is 467 g/mol. The molecule has 0 unspecified atom stereocenters. The summed E-state index contributed by atoms with van der Waals surface area (Å²) < 4.78 is 12.6. The van der Waals surface area contributed by atoms with Crippen molar-refractivity contribution in [1.29, 1.82) is 0 Å². The average Bonchev–Trinajstić information content (AvgIpc) is 2.91. The Morgan fingerprint density at radius 2 is 1.36 bits per heavy atom. The summed E-state index contributed by atoms with van der Waals surface area (Å²) >= 11 is 0. The molecule has 0 aromatic heterocycles. The van der Waals surface area contributed by atoms with Gasteiger partial charge in [-0.25, -0.2) is 0 Å². The van der Waals surface area contributed by atoms with Crippen LogP contribution in [-0.2, 0) is 0 Å². The van der Waals surface area contributed by atoms with Gasteiger partial charge in [-0.15, -0.1) is 0 Å². The Balaban J connectivity index is 1.57. The Morgan fingerprint density at radius 1 is 0.611 bits per heavy atom. The second kappa shape index (κ2) is 8.13. The van der Waals surface area contributed by atoms with E-state index in [9.17, 15) is 0 Å². The van der Waals surface area contributed by atoms with Crippen LogP contribution in [0.4, 0.5) is 0 Å². The number of aryl methyl sites for hydroxylation is 2. The Kier molecular flexibility index (Phi) is 4.75. The predicted molar refractivity (Wildman–Crippen MR) is 148 cm³/mol. The first-order chi connectivity index (χ1) is 17.7. The zero-order chi connectivity index (χ0) is 24.2. The molecule has 0 radical (unpaired) electrons. The number of ether oxygens (including phenoxy) is 2. The van der Waals surface area contributed by atoms with Gasteiger partial charge in [0.15, 0.2) is 0 Å². The molecule has 0 N–H and O–H groups in total. The van der Waals surface area contributed by atoms with Crippen LogP contribution in [-0.4, -0.2) is 6.61 Å². The van der Waals surface area contributed by atoms with Crippen molar-refractivity contribution in [1.82, 2.24) is 0 Å². The Labute approximate surface area is 211 Å². The molecule has 0 saturated heterocycles. The summed E-state index contributed by atoms with van der Waals surface area (Å²) in [5.41, 5.74) is 11.1. The minimum absolute atomic E-state index is 0.666. The molecule has 0 fully saturated rings. The van der Waals surface area contributed by atoms with Crippen molar-refractivity contribution in [2.45, 2.75) is 20.3 Å². The van der Waals surface area contributed by atoms with Gasteiger partial charge >= 0.3 is 0 Å². The number of para-hydroxylation sites is 1. The lowest BCUT2D eigenvalue weighted by atomic mass is 9.82. The predicted octanol–water partition coefficient (Wildman–Crippen LogP) is 8.97. The normalized spacial score (nSPS) is 15.9. The van der Waals surface area contributed by atoms with E-state index in [-0.39, 0.29) is 0 Å². The van der Waals surface area contributed by atoms with Crippen LogP contribution < -0.4 is 9.47 Å². The highest BCUT2D eigenvalue weighted by atomic mass is 16.5. The molecule has 0 amide bonds. The van der Waals surface area contributed by atoms with Gasteiger partial charge in [0.2, 0.25) is 0 Å². The highest BCUT2D eigenvalue weighted by Crippen LogP contribution is 2.51. The maximum absolute atomic E-state index is 6.46. The number of fused-ring (bicyclic) bond motifs is 5. The van der Waals surface area contributed by atoms with Crippen molar-refractivity contribution in [2.24, 2.45) is 0 Å². The van der Waals surface area contributed by atoms with Crippen molar-refractivity contribution in [2.75, 3.05) is 6.61 Å². The number of rotatable bonds is 1. The van der Waals surface area contributed by atoms with E-state index < -0.39 is 0 Å². The molecular weight excluding hydrogens is 440 g/mol. The molecule has 0 bridgehead atoms. The first-order valence-corrected chi connectivity index (χ1v) is 12.6. The van der Waals surface area contributed by atoms with Crippen molar-refractivity contribution in [3.63, 3.8) is 0 Å². The third-order valence-corrected chi connectivity index (χ3v) is 7.50. The summed E-state index contributed by atoms with van der Waals surface area (Å²) in [7, 11) is 0. The number of hydrogen-bond acceptors (Lipinski definition) is 2. The lowest BCUT2D eigenvalue weighted by Crippen LogP contribution is -2.12. The lowest BCUT2D eigenvalue weighted by molar-refractivity contribution is 0.317. The summed E-state index contributed by atoms with van der Waals surface area (Å²) in [6.07, 6.45) is 0.845. The molecule has 174 valence electrons. The summed E-state index contributed by atoms with van der Waals surface area (Å²) in [6, 6.07) is 34.4. The molecule has 2 aliphatic heterocycles. The second-order valence-electron chi connectivity index (χ2n) is 9.69. The van der Waals surface area contributed by atoms with E-state index in [1.165, 1.54) is 49.7 Å². The Bertz CT molecular complexity index is 1690. The molecule has 2 heteroatoms. The third kappa shape index (κ3) is 3.18.